The number of ether oxygens (including phenoxy) is 3. The van der Waals surface area contributed by atoms with Gasteiger partial charge in [0.15, 0.2) is 0 Å². The number of amides is 3. The van der Waals surface area contributed by atoms with Gasteiger partial charge in [0.1, 0.15) is 0 Å². The zero-order chi connectivity index (χ0) is 20.2. The largest absolute Gasteiger partial charge is 0.377 e. The Kier molecular flexibility index (Phi) is 17.8. The van der Waals surface area contributed by atoms with Gasteiger partial charge >= 0.3 is 0 Å². The predicted molar refractivity (Wildman–Crippen MR) is 102 cm³/mol. The zero-order valence-corrected chi connectivity index (χ0v) is 16.6. The lowest BCUT2D eigenvalue weighted by atomic mass is 10.2. The SMILES string of the molecule is C/C=C\C(=O)N(C=O)CCOCCOCCOCCNC(=O)CCCCC. The second kappa shape index (κ2) is 19.0. The van der Waals surface area contributed by atoms with Gasteiger partial charge in [-0.1, -0.05) is 25.8 Å². The lowest BCUT2D eigenvalue weighted by Crippen LogP contribution is -2.31. The molecule has 0 spiro atoms. The molecule has 0 unspecified atom stereocenters. The molecule has 156 valence electrons. The summed E-state index contributed by atoms with van der Waals surface area (Å²) in [5.41, 5.74) is 0. The fraction of sp³-hybridized carbons (Fsp3) is 0.737. The van der Waals surface area contributed by atoms with E-state index in [1.807, 2.05) is 0 Å². The van der Waals surface area contributed by atoms with E-state index in [1.54, 1.807) is 13.0 Å². The van der Waals surface area contributed by atoms with E-state index in [9.17, 15) is 14.4 Å². The van der Waals surface area contributed by atoms with Gasteiger partial charge < -0.3 is 19.5 Å². The van der Waals surface area contributed by atoms with Gasteiger partial charge in [0, 0.05) is 13.0 Å². The smallest absolute Gasteiger partial charge is 0.252 e. The standard InChI is InChI=1S/C19H34N2O6/c1-3-5-6-8-18(23)20-9-11-25-13-15-27-16-14-26-12-10-21(17-22)19(24)7-4-2/h4,7,17H,3,5-6,8-16H2,1-2H3,(H,20,23)/b7-4-. The van der Waals surface area contributed by atoms with Crippen molar-refractivity contribution in [2.24, 2.45) is 0 Å². The van der Waals surface area contributed by atoms with Crippen LogP contribution in [0.4, 0.5) is 0 Å². The second-order valence-electron chi connectivity index (χ2n) is 5.78. The van der Waals surface area contributed by atoms with Crippen LogP contribution in [0.2, 0.25) is 0 Å². The van der Waals surface area contributed by atoms with Gasteiger partial charge in [0.05, 0.1) is 46.2 Å². The van der Waals surface area contributed by atoms with Crippen LogP contribution in [-0.2, 0) is 28.6 Å². The van der Waals surface area contributed by atoms with E-state index < -0.39 is 0 Å². The summed E-state index contributed by atoms with van der Waals surface area (Å²) in [5, 5.41) is 2.81. The first-order valence-corrected chi connectivity index (χ1v) is 9.54. The summed E-state index contributed by atoms with van der Waals surface area (Å²) in [6.45, 7) is 6.92. The third-order valence-corrected chi connectivity index (χ3v) is 3.52. The minimum absolute atomic E-state index is 0.0704. The first-order valence-electron chi connectivity index (χ1n) is 9.54. The molecule has 0 atom stereocenters. The van der Waals surface area contributed by atoms with Gasteiger partial charge in [-0.3, -0.25) is 19.3 Å². The molecule has 0 radical (unpaired) electrons. The van der Waals surface area contributed by atoms with Crippen LogP contribution in [0.5, 0.6) is 0 Å². The van der Waals surface area contributed by atoms with Gasteiger partial charge in [-0.25, -0.2) is 0 Å². The molecule has 0 aromatic heterocycles. The van der Waals surface area contributed by atoms with Crippen molar-refractivity contribution < 1.29 is 28.6 Å². The molecule has 0 aromatic rings. The fourth-order valence-corrected chi connectivity index (χ4v) is 2.04. The molecule has 3 amide bonds. The highest BCUT2D eigenvalue weighted by Gasteiger charge is 2.08. The van der Waals surface area contributed by atoms with Crippen LogP contribution in [0, 0.1) is 0 Å². The number of hydrogen-bond donors (Lipinski definition) is 1. The number of nitrogens with zero attached hydrogens (tertiary/aromatic N) is 1. The normalized spacial score (nSPS) is 10.9. The van der Waals surface area contributed by atoms with E-state index >= 15 is 0 Å². The van der Waals surface area contributed by atoms with Gasteiger partial charge in [-0.15, -0.1) is 0 Å². The summed E-state index contributed by atoms with van der Waals surface area (Å²) in [6.07, 6.45) is 7.09. The van der Waals surface area contributed by atoms with Crippen molar-refractivity contribution in [3.05, 3.63) is 12.2 Å². The van der Waals surface area contributed by atoms with Crippen molar-refractivity contribution in [2.75, 3.05) is 52.7 Å². The molecule has 0 saturated heterocycles. The lowest BCUT2D eigenvalue weighted by Gasteiger charge is -2.13. The second-order valence-corrected chi connectivity index (χ2v) is 5.78. The molecule has 0 aliphatic heterocycles. The number of imide groups is 1. The van der Waals surface area contributed by atoms with Crippen molar-refractivity contribution >= 4 is 18.2 Å². The maximum Gasteiger partial charge on any atom is 0.252 e. The average molecular weight is 386 g/mol. The first-order chi connectivity index (χ1) is 13.2. The summed E-state index contributed by atoms with van der Waals surface area (Å²) in [6, 6.07) is 0. The highest BCUT2D eigenvalue weighted by molar-refractivity contribution is 5.94. The minimum atomic E-state index is -0.360. The van der Waals surface area contributed by atoms with Gasteiger partial charge in [-0.05, 0) is 19.4 Å². The number of carbonyl (C=O) groups is 3. The monoisotopic (exact) mass is 386 g/mol. The lowest BCUT2D eigenvalue weighted by molar-refractivity contribution is -0.135. The molecule has 27 heavy (non-hydrogen) atoms. The van der Waals surface area contributed by atoms with Crippen molar-refractivity contribution in [1.82, 2.24) is 10.2 Å². The van der Waals surface area contributed by atoms with E-state index in [4.69, 9.17) is 14.2 Å². The van der Waals surface area contributed by atoms with Crippen LogP contribution in [0.1, 0.15) is 39.5 Å². The molecule has 0 saturated carbocycles. The van der Waals surface area contributed by atoms with Crippen molar-refractivity contribution in [3.63, 3.8) is 0 Å². The Morgan fingerprint density at radius 2 is 1.59 bits per heavy atom. The molecule has 0 aliphatic carbocycles. The molecule has 8 nitrogen and oxygen atoms in total. The highest BCUT2D eigenvalue weighted by atomic mass is 16.5. The Labute approximate surface area is 162 Å². The quantitative estimate of drug-likeness (QED) is 0.217. The Hall–Kier alpha value is -1.77. The number of unbranched alkanes of at least 4 members (excludes halogenated alkanes) is 2. The topological polar surface area (TPSA) is 94.2 Å². The van der Waals surface area contributed by atoms with Crippen LogP contribution in [0.15, 0.2) is 12.2 Å². The Balaban J connectivity index is 3.37. The van der Waals surface area contributed by atoms with Gasteiger partial charge in [-0.2, -0.15) is 0 Å². The molecule has 0 aromatic carbocycles. The summed E-state index contributed by atoms with van der Waals surface area (Å²) in [7, 11) is 0. The maximum atomic E-state index is 11.5. The van der Waals surface area contributed by atoms with Crippen molar-refractivity contribution in [3.8, 4) is 0 Å². The Morgan fingerprint density at radius 3 is 2.19 bits per heavy atom. The summed E-state index contributed by atoms with van der Waals surface area (Å²) in [5.74, 6) is -0.289. The molecule has 0 rings (SSSR count). The van der Waals surface area contributed by atoms with Gasteiger partial charge in [0.25, 0.3) is 5.91 Å². The number of allylic oxidation sites excluding steroid dienone is 1. The molecule has 0 heterocycles. The molecule has 0 aliphatic rings. The molecule has 1 N–H and O–H groups in total. The van der Waals surface area contributed by atoms with Gasteiger partial charge in [0.2, 0.25) is 12.3 Å². The summed E-state index contributed by atoms with van der Waals surface area (Å²) < 4.78 is 16.0. The van der Waals surface area contributed by atoms with Crippen LogP contribution in [0.25, 0.3) is 0 Å². The molecular formula is C19H34N2O6. The van der Waals surface area contributed by atoms with Crippen LogP contribution >= 0.6 is 0 Å². The number of rotatable bonds is 18. The van der Waals surface area contributed by atoms with E-state index in [0.29, 0.717) is 52.4 Å². The molecular weight excluding hydrogens is 352 g/mol. The van der Waals surface area contributed by atoms with E-state index in [0.717, 1.165) is 24.2 Å². The Bertz CT molecular complexity index is 428. The van der Waals surface area contributed by atoms with E-state index in [1.165, 1.54) is 6.08 Å². The molecule has 0 fully saturated rings. The zero-order valence-electron chi connectivity index (χ0n) is 16.6. The van der Waals surface area contributed by atoms with E-state index in [2.05, 4.69) is 12.2 Å². The summed E-state index contributed by atoms with van der Waals surface area (Å²) >= 11 is 0. The first kappa shape index (κ1) is 25.2. The maximum absolute atomic E-state index is 11.5. The van der Waals surface area contributed by atoms with Crippen molar-refractivity contribution in [1.29, 1.82) is 0 Å². The third-order valence-electron chi connectivity index (χ3n) is 3.52. The van der Waals surface area contributed by atoms with E-state index in [-0.39, 0.29) is 25.0 Å². The minimum Gasteiger partial charge on any atom is -0.377 e. The van der Waals surface area contributed by atoms with Crippen molar-refractivity contribution in [2.45, 2.75) is 39.5 Å². The fourth-order valence-electron chi connectivity index (χ4n) is 2.04. The average Bonchev–Trinajstić information content (AvgIpc) is 2.66. The molecule has 0 bridgehead atoms. The summed E-state index contributed by atoms with van der Waals surface area (Å²) in [4.78, 5) is 34.8. The van der Waals surface area contributed by atoms with Crippen LogP contribution in [-0.4, -0.2) is 75.9 Å². The Morgan fingerprint density at radius 1 is 0.963 bits per heavy atom. The highest BCUT2D eigenvalue weighted by Crippen LogP contribution is 1.97. The van der Waals surface area contributed by atoms with Crippen LogP contribution in [0.3, 0.4) is 0 Å². The van der Waals surface area contributed by atoms with Crippen LogP contribution < -0.4 is 5.32 Å². The molecule has 8 heteroatoms. The number of hydrogen-bond acceptors (Lipinski definition) is 6. The number of nitrogens with one attached hydrogen (secondary N) is 1. The third kappa shape index (κ3) is 16.1. The predicted octanol–water partition coefficient (Wildman–Crippen LogP) is 1.29. The number of carbonyl (C=O) groups excluding carboxylic acids is 3.